The summed E-state index contributed by atoms with van der Waals surface area (Å²) in [7, 11) is -4.96. The molecule has 206 valence electrons. The maximum atomic E-state index is 16.5. The molecule has 1 aromatic rings. The number of halogens is 3. The van der Waals surface area contributed by atoms with Gasteiger partial charge in [-0.15, -0.1) is 4.72 Å². The lowest BCUT2D eigenvalue weighted by atomic mass is 9.99. The summed E-state index contributed by atoms with van der Waals surface area (Å²) in [4.78, 5) is 4.83. The number of aromatic nitrogens is 1. The Morgan fingerprint density at radius 2 is 1.92 bits per heavy atom. The summed E-state index contributed by atoms with van der Waals surface area (Å²) in [5.41, 5.74) is -2.29. The fourth-order valence-corrected chi connectivity index (χ4v) is 11.6. The van der Waals surface area contributed by atoms with E-state index in [4.69, 9.17) is 0 Å². The molecule has 1 aliphatic heterocycles. The number of nitrogens with zero attached hydrogens (tertiary/aromatic N) is 3. The average molecular weight is 630 g/mol. The molecule has 1 N–H and O–H groups in total. The second-order valence-corrected chi connectivity index (χ2v) is 20.1. The third-order valence-corrected chi connectivity index (χ3v) is 16.9. The minimum atomic E-state index is -3.37. The predicted molar refractivity (Wildman–Crippen MR) is 152 cm³/mol. The van der Waals surface area contributed by atoms with Crippen LogP contribution in [-0.2, 0) is 26.6 Å². The van der Waals surface area contributed by atoms with Crippen LogP contribution in [-0.4, -0.2) is 59.5 Å². The summed E-state index contributed by atoms with van der Waals surface area (Å²) >= 11 is 1.53. The Labute approximate surface area is 228 Å². The summed E-state index contributed by atoms with van der Waals surface area (Å²) in [6, 6.07) is 3.78. The van der Waals surface area contributed by atoms with Crippen LogP contribution in [0.4, 0.5) is 8.78 Å². The van der Waals surface area contributed by atoms with E-state index in [0.29, 0.717) is 22.3 Å². The normalized spacial score (nSPS) is 25.9. The number of rotatable bonds is 10. The van der Waals surface area contributed by atoms with Crippen molar-refractivity contribution in [1.82, 2.24) is 9.71 Å². The van der Waals surface area contributed by atoms with Gasteiger partial charge in [-0.25, -0.2) is 32.4 Å². The van der Waals surface area contributed by atoms with E-state index in [9.17, 15) is 14.0 Å². The molecule has 1 aliphatic rings. The summed E-state index contributed by atoms with van der Waals surface area (Å²) in [5, 5.41) is 9.93. The summed E-state index contributed by atoms with van der Waals surface area (Å²) in [6.45, 7) is 11.8. The van der Waals surface area contributed by atoms with E-state index < -0.39 is 64.4 Å². The van der Waals surface area contributed by atoms with Gasteiger partial charge in [0.15, 0.2) is 5.82 Å². The van der Waals surface area contributed by atoms with Crippen LogP contribution in [0.15, 0.2) is 19.9 Å². The second kappa shape index (κ2) is 11.7. The zero-order valence-electron chi connectivity index (χ0n) is 22.3. The molecule has 1 aromatic heterocycles. The molecule has 0 bridgehead atoms. The Kier molecular flexibility index (Phi) is 10.4. The maximum absolute atomic E-state index is 16.5. The summed E-state index contributed by atoms with van der Waals surface area (Å²) in [6.07, 6.45) is 0.902. The van der Waals surface area contributed by atoms with Gasteiger partial charge in [0, 0.05) is 22.8 Å². The second-order valence-electron chi connectivity index (χ2n) is 10.3. The van der Waals surface area contributed by atoms with Crippen molar-refractivity contribution in [2.75, 3.05) is 36.2 Å². The van der Waals surface area contributed by atoms with E-state index >= 15 is 8.78 Å². The third-order valence-electron chi connectivity index (χ3n) is 7.04. The van der Waals surface area contributed by atoms with Crippen LogP contribution in [0.5, 0.6) is 0 Å². The van der Waals surface area contributed by atoms with Crippen molar-refractivity contribution in [3.05, 3.63) is 22.2 Å². The Balaban J connectivity index is 2.92. The molecule has 2 heterocycles. The fourth-order valence-electron chi connectivity index (χ4n) is 4.39. The minimum Gasteiger partial charge on any atom is -0.598 e. The molecule has 36 heavy (non-hydrogen) atoms. The van der Waals surface area contributed by atoms with Gasteiger partial charge in [-0.1, -0.05) is 20.8 Å². The molecular weight excluding hydrogens is 590 g/mol. The molecule has 2 unspecified atom stereocenters. The predicted octanol–water partition coefficient (Wildman–Crippen LogP) is 5.97. The molecule has 0 amide bonds. The highest BCUT2D eigenvalue weighted by molar-refractivity contribution is 9.10. The molecule has 2 rings (SSSR count). The zero-order chi connectivity index (χ0) is 27.6. The van der Waals surface area contributed by atoms with E-state index in [1.54, 1.807) is 33.8 Å². The molecule has 0 saturated heterocycles. The summed E-state index contributed by atoms with van der Waals surface area (Å²) in [5.74, 6) is 1.00. The van der Waals surface area contributed by atoms with Gasteiger partial charge in [-0.05, 0) is 79.8 Å². The van der Waals surface area contributed by atoms with Crippen LogP contribution in [0.3, 0.4) is 0 Å². The lowest BCUT2D eigenvalue weighted by molar-refractivity contribution is 0.290. The highest BCUT2D eigenvalue weighted by atomic mass is 79.9. The Hall–Kier alpha value is -0.450. The smallest absolute Gasteiger partial charge is 0.159 e. The van der Waals surface area contributed by atoms with Crippen molar-refractivity contribution >= 4 is 47.0 Å². The van der Waals surface area contributed by atoms with Crippen LogP contribution in [0, 0.1) is 17.1 Å². The molecule has 0 saturated carbocycles. The van der Waals surface area contributed by atoms with E-state index in [0.717, 1.165) is 17.3 Å². The Morgan fingerprint density at radius 3 is 2.39 bits per heavy atom. The largest absolute Gasteiger partial charge is 0.598 e. The molecule has 4 atom stereocenters. The highest BCUT2D eigenvalue weighted by Gasteiger charge is 2.52. The average Bonchev–Trinajstić information content (AvgIpc) is 2.83. The fraction of sp³-hybridized carbons (Fsp3) is 0.750. The number of hydrogen-bond acceptors (Lipinski definition) is 6. The zero-order valence-corrected chi connectivity index (χ0v) is 26.3. The van der Waals surface area contributed by atoms with Gasteiger partial charge >= 0.3 is 0 Å². The van der Waals surface area contributed by atoms with Crippen LogP contribution < -0.4 is 4.72 Å². The molecule has 0 spiro atoms. The molecule has 12 heteroatoms. The first-order chi connectivity index (χ1) is 16.6. The van der Waals surface area contributed by atoms with Gasteiger partial charge in [0.05, 0.1) is 21.6 Å². The molecule has 0 fully saturated rings. The van der Waals surface area contributed by atoms with Crippen LogP contribution in [0.2, 0.25) is 0 Å². The first-order valence-electron chi connectivity index (χ1n) is 12.1. The SMILES string of the molecule is CCS(CC)(CC)c1cc(Br)nc([C@](CF)(CS2(=O)=NCCC[C@]2(C)C#N)N[S+]([O-])C(C)(C)C)c1F. The molecular formula is C24H39BrF2N4O2S3. The van der Waals surface area contributed by atoms with E-state index in [-0.39, 0.29) is 12.2 Å². The van der Waals surface area contributed by atoms with Gasteiger partial charge in [-0.2, -0.15) is 5.26 Å². The number of pyridine rings is 1. The van der Waals surface area contributed by atoms with Gasteiger partial charge in [0.1, 0.15) is 32.0 Å². The molecule has 0 radical (unpaired) electrons. The van der Waals surface area contributed by atoms with Crippen LogP contribution >= 0.6 is 26.0 Å². The minimum absolute atomic E-state index is 0.259. The monoisotopic (exact) mass is 628 g/mol. The van der Waals surface area contributed by atoms with Gasteiger partial charge in [0.2, 0.25) is 0 Å². The number of alkyl halides is 1. The van der Waals surface area contributed by atoms with Crippen molar-refractivity contribution in [1.29, 1.82) is 5.26 Å². The van der Waals surface area contributed by atoms with Crippen molar-refractivity contribution in [2.45, 2.75) is 81.2 Å². The highest BCUT2D eigenvalue weighted by Crippen LogP contribution is 2.57. The van der Waals surface area contributed by atoms with Crippen molar-refractivity contribution in [3.63, 3.8) is 0 Å². The Morgan fingerprint density at radius 1 is 1.33 bits per heavy atom. The lowest BCUT2D eigenvalue weighted by Crippen LogP contribution is -2.59. The summed E-state index contributed by atoms with van der Waals surface area (Å²) < 4.78 is 64.7. The van der Waals surface area contributed by atoms with Crippen LogP contribution in [0.25, 0.3) is 0 Å². The molecule has 0 aromatic carbocycles. The first kappa shape index (κ1) is 31.8. The topological polar surface area (TPSA) is 101 Å². The quantitative estimate of drug-likeness (QED) is 0.254. The number of nitrogens with one attached hydrogen (secondary N) is 1. The third kappa shape index (κ3) is 5.91. The van der Waals surface area contributed by atoms with Crippen molar-refractivity contribution < 1.29 is 17.5 Å². The van der Waals surface area contributed by atoms with Gasteiger partial charge in [0.25, 0.3) is 0 Å². The number of hydrogen-bond donors (Lipinski definition) is 1. The van der Waals surface area contributed by atoms with Crippen molar-refractivity contribution in [3.8, 4) is 6.07 Å². The van der Waals surface area contributed by atoms with Crippen molar-refractivity contribution in [2.24, 2.45) is 4.36 Å². The maximum Gasteiger partial charge on any atom is 0.159 e. The van der Waals surface area contributed by atoms with Gasteiger partial charge in [-0.3, -0.25) is 0 Å². The standard InChI is InChI=1S/C24H39BrF2N4O2S3/c1-8-35(9-2,10-3)18-14-19(25)30-21(20(18)27)24(15-26,31-34(32)22(4,5)6)17-36(33)23(7,16-28)12-11-13-29-36/h14,31H,8-13,15,17H2,1-7H3/t23-,24+,34?,36?/m1/s1. The first-order valence-corrected chi connectivity index (χ1v) is 17.9. The van der Waals surface area contributed by atoms with E-state index in [1.165, 1.54) is 0 Å². The van der Waals surface area contributed by atoms with E-state index in [1.807, 2.05) is 20.8 Å². The van der Waals surface area contributed by atoms with Gasteiger partial charge < -0.3 is 4.55 Å². The van der Waals surface area contributed by atoms with E-state index in [2.05, 4.69) is 36.1 Å². The molecule has 6 nitrogen and oxygen atoms in total. The molecule has 0 aliphatic carbocycles. The van der Waals surface area contributed by atoms with Crippen LogP contribution in [0.1, 0.15) is 67.0 Å². The lowest BCUT2D eigenvalue weighted by Gasteiger charge is -2.41. The number of nitriles is 1. The Bertz CT molecular complexity index is 1110.